The minimum Gasteiger partial charge on any atom is -0.478 e. The highest BCUT2D eigenvalue weighted by atomic mass is 16.4. The van der Waals surface area contributed by atoms with Crippen molar-refractivity contribution in [2.24, 2.45) is 0 Å². The monoisotopic (exact) mass is 237 g/mol. The molecule has 88 valence electrons. The summed E-state index contributed by atoms with van der Waals surface area (Å²) < 4.78 is 0. The number of hydrogen-bond donors (Lipinski definition) is 1. The Morgan fingerprint density at radius 2 is 1.83 bits per heavy atom. The summed E-state index contributed by atoms with van der Waals surface area (Å²) in [6.07, 6.45) is 1.76. The summed E-state index contributed by atoms with van der Waals surface area (Å²) in [5, 5.41) is 8.76. The van der Waals surface area contributed by atoms with Crippen LogP contribution in [0.25, 0.3) is 0 Å². The lowest BCUT2D eigenvalue weighted by Gasteiger charge is -1.94. The first-order chi connectivity index (χ1) is 8.65. The average Bonchev–Trinajstić information content (AvgIpc) is 2.38. The second-order valence-electron chi connectivity index (χ2n) is 3.85. The topological polar surface area (TPSA) is 50.2 Å². The Morgan fingerprint density at radius 3 is 2.39 bits per heavy atom. The van der Waals surface area contributed by atoms with Gasteiger partial charge in [-0.3, -0.25) is 0 Å². The van der Waals surface area contributed by atoms with E-state index in [1.165, 1.54) is 12.1 Å². The molecule has 2 aromatic rings. The van der Waals surface area contributed by atoms with Crippen molar-refractivity contribution in [2.45, 2.75) is 6.92 Å². The Hall–Kier alpha value is -2.60. The van der Waals surface area contributed by atoms with Crippen molar-refractivity contribution in [3.63, 3.8) is 0 Å². The quantitative estimate of drug-likeness (QED) is 0.775. The van der Waals surface area contributed by atoms with Crippen molar-refractivity contribution < 1.29 is 9.90 Å². The molecule has 0 spiro atoms. The summed E-state index contributed by atoms with van der Waals surface area (Å²) in [4.78, 5) is 14.8. The molecule has 0 aliphatic rings. The van der Waals surface area contributed by atoms with Gasteiger partial charge in [-0.25, -0.2) is 9.78 Å². The minimum atomic E-state index is -0.935. The fourth-order valence-electron chi connectivity index (χ4n) is 1.37. The third kappa shape index (κ3) is 2.96. The molecule has 0 radical (unpaired) electrons. The van der Waals surface area contributed by atoms with Gasteiger partial charge in [0.1, 0.15) is 5.69 Å². The Morgan fingerprint density at radius 1 is 1.11 bits per heavy atom. The van der Waals surface area contributed by atoms with Gasteiger partial charge in [0.05, 0.1) is 5.56 Å². The molecule has 18 heavy (non-hydrogen) atoms. The molecule has 0 saturated heterocycles. The Bertz CT molecular complexity index is 616. The fraction of sp³-hybridized carbons (Fsp3) is 0.0667. The fourth-order valence-corrected chi connectivity index (χ4v) is 1.37. The van der Waals surface area contributed by atoms with Gasteiger partial charge in [0, 0.05) is 11.8 Å². The average molecular weight is 237 g/mol. The van der Waals surface area contributed by atoms with Gasteiger partial charge in [-0.15, -0.1) is 0 Å². The molecular weight excluding hydrogens is 226 g/mol. The second kappa shape index (κ2) is 5.15. The number of pyridine rings is 1. The van der Waals surface area contributed by atoms with E-state index in [-0.39, 0.29) is 5.56 Å². The number of rotatable bonds is 1. The van der Waals surface area contributed by atoms with E-state index in [0.717, 1.165) is 11.1 Å². The first-order valence-electron chi connectivity index (χ1n) is 5.43. The van der Waals surface area contributed by atoms with E-state index in [4.69, 9.17) is 5.11 Å². The summed E-state index contributed by atoms with van der Waals surface area (Å²) in [5.41, 5.74) is 2.81. The van der Waals surface area contributed by atoms with Crippen LogP contribution in [0.15, 0.2) is 42.6 Å². The maximum absolute atomic E-state index is 10.7. The van der Waals surface area contributed by atoms with Crippen LogP contribution in [0.5, 0.6) is 0 Å². The molecule has 1 N–H and O–H groups in total. The summed E-state index contributed by atoms with van der Waals surface area (Å²) in [7, 11) is 0. The number of carboxylic acids is 1. The molecule has 1 heterocycles. The van der Waals surface area contributed by atoms with E-state index >= 15 is 0 Å². The summed E-state index contributed by atoms with van der Waals surface area (Å²) in [6, 6.07) is 10.2. The Kier molecular flexibility index (Phi) is 3.40. The van der Waals surface area contributed by atoms with E-state index in [2.05, 4.69) is 16.8 Å². The number of aryl methyl sites for hydroxylation is 1. The molecule has 3 nitrogen and oxygen atoms in total. The third-order valence-electron chi connectivity index (χ3n) is 2.38. The number of nitrogens with zero attached hydrogens (tertiary/aromatic N) is 1. The maximum atomic E-state index is 10.7. The van der Waals surface area contributed by atoms with Crippen LogP contribution < -0.4 is 0 Å². The molecule has 0 saturated carbocycles. The first-order valence-corrected chi connectivity index (χ1v) is 5.43. The van der Waals surface area contributed by atoms with Gasteiger partial charge in [-0.05, 0) is 48.7 Å². The van der Waals surface area contributed by atoms with Crippen LogP contribution in [-0.2, 0) is 0 Å². The van der Waals surface area contributed by atoms with E-state index in [9.17, 15) is 4.79 Å². The van der Waals surface area contributed by atoms with Crippen molar-refractivity contribution in [3.8, 4) is 11.8 Å². The molecule has 0 aliphatic carbocycles. The molecule has 0 bridgehead atoms. The van der Waals surface area contributed by atoms with Crippen LogP contribution >= 0.6 is 0 Å². The minimum absolute atomic E-state index is 0.258. The Balaban J connectivity index is 2.19. The van der Waals surface area contributed by atoms with Crippen LogP contribution in [0.3, 0.4) is 0 Å². The van der Waals surface area contributed by atoms with Crippen molar-refractivity contribution in [1.82, 2.24) is 4.98 Å². The van der Waals surface area contributed by atoms with Crippen LogP contribution in [0.4, 0.5) is 0 Å². The number of carboxylic acid groups (broad SMARTS) is 1. The van der Waals surface area contributed by atoms with Gasteiger partial charge < -0.3 is 5.11 Å². The molecular formula is C15H11NO2. The lowest BCUT2D eigenvalue weighted by atomic mass is 10.1. The number of carbonyl (C=O) groups is 1. The maximum Gasteiger partial charge on any atom is 0.335 e. The zero-order chi connectivity index (χ0) is 13.0. The SMILES string of the molecule is Cc1ccc(C#Cc2ccc(C(=O)O)cc2)nc1. The largest absolute Gasteiger partial charge is 0.478 e. The lowest BCUT2D eigenvalue weighted by molar-refractivity contribution is 0.0697. The molecule has 2 rings (SSSR count). The zero-order valence-corrected chi connectivity index (χ0v) is 9.84. The van der Waals surface area contributed by atoms with Crippen LogP contribution in [0.1, 0.15) is 27.2 Å². The highest BCUT2D eigenvalue weighted by molar-refractivity contribution is 5.87. The van der Waals surface area contributed by atoms with Crippen molar-refractivity contribution in [3.05, 3.63) is 65.0 Å². The van der Waals surface area contributed by atoms with E-state index in [1.807, 2.05) is 19.1 Å². The second-order valence-corrected chi connectivity index (χ2v) is 3.85. The Labute approximate surface area is 105 Å². The molecule has 0 amide bonds. The van der Waals surface area contributed by atoms with E-state index < -0.39 is 5.97 Å². The molecule has 1 aromatic heterocycles. The predicted molar refractivity (Wildman–Crippen MR) is 68.4 cm³/mol. The highest BCUT2D eigenvalue weighted by Crippen LogP contribution is 2.03. The van der Waals surface area contributed by atoms with E-state index in [1.54, 1.807) is 18.3 Å². The van der Waals surface area contributed by atoms with Gasteiger partial charge in [-0.2, -0.15) is 0 Å². The van der Waals surface area contributed by atoms with Gasteiger partial charge in [0.2, 0.25) is 0 Å². The lowest BCUT2D eigenvalue weighted by Crippen LogP contribution is -1.94. The molecule has 3 heteroatoms. The van der Waals surface area contributed by atoms with Crippen LogP contribution in [-0.4, -0.2) is 16.1 Å². The molecule has 0 fully saturated rings. The van der Waals surface area contributed by atoms with Gasteiger partial charge in [0.25, 0.3) is 0 Å². The first kappa shape index (κ1) is 11.9. The third-order valence-corrected chi connectivity index (χ3v) is 2.38. The number of aromatic nitrogens is 1. The van der Waals surface area contributed by atoms with Crippen molar-refractivity contribution in [1.29, 1.82) is 0 Å². The van der Waals surface area contributed by atoms with Gasteiger partial charge >= 0.3 is 5.97 Å². The molecule has 0 atom stereocenters. The highest BCUT2D eigenvalue weighted by Gasteiger charge is 1.99. The number of hydrogen-bond acceptors (Lipinski definition) is 2. The molecule has 0 aliphatic heterocycles. The number of benzene rings is 1. The molecule has 1 aromatic carbocycles. The van der Waals surface area contributed by atoms with Crippen molar-refractivity contribution >= 4 is 5.97 Å². The van der Waals surface area contributed by atoms with Crippen molar-refractivity contribution in [2.75, 3.05) is 0 Å². The molecule has 0 unspecified atom stereocenters. The normalized spacial score (nSPS) is 9.39. The standard InChI is InChI=1S/C15H11NO2/c1-11-2-8-14(16-10-11)9-5-12-3-6-13(7-4-12)15(17)18/h2-4,6-8,10H,1H3,(H,17,18). The van der Waals surface area contributed by atoms with Gasteiger partial charge in [-0.1, -0.05) is 12.0 Å². The predicted octanol–water partition coefficient (Wildman–Crippen LogP) is 2.49. The van der Waals surface area contributed by atoms with Gasteiger partial charge in [0.15, 0.2) is 0 Å². The number of aromatic carboxylic acids is 1. The van der Waals surface area contributed by atoms with Crippen LogP contribution in [0.2, 0.25) is 0 Å². The summed E-state index contributed by atoms with van der Waals surface area (Å²) in [5.74, 6) is 4.93. The van der Waals surface area contributed by atoms with E-state index in [0.29, 0.717) is 5.69 Å². The zero-order valence-electron chi connectivity index (χ0n) is 9.84. The van der Waals surface area contributed by atoms with Crippen LogP contribution in [0, 0.1) is 18.8 Å². The summed E-state index contributed by atoms with van der Waals surface area (Å²) >= 11 is 0. The smallest absolute Gasteiger partial charge is 0.335 e. The summed E-state index contributed by atoms with van der Waals surface area (Å²) in [6.45, 7) is 1.97.